The molecular weight excluding hydrogens is 318 g/mol. The number of hydrogen-bond acceptors (Lipinski definition) is 4. The summed E-state index contributed by atoms with van der Waals surface area (Å²) in [6, 6.07) is 13.6. The van der Waals surface area contributed by atoms with Gasteiger partial charge in [-0.1, -0.05) is 24.3 Å². The number of H-pyrrole nitrogens is 1. The van der Waals surface area contributed by atoms with E-state index in [1.54, 1.807) is 0 Å². The van der Waals surface area contributed by atoms with Gasteiger partial charge in [0.2, 0.25) is 0 Å². The van der Waals surface area contributed by atoms with Gasteiger partial charge in [-0.25, -0.2) is 0 Å². The van der Waals surface area contributed by atoms with Crippen molar-refractivity contribution in [1.29, 1.82) is 0 Å². The van der Waals surface area contributed by atoms with Crippen LogP contribution >= 0.6 is 0 Å². The van der Waals surface area contributed by atoms with E-state index in [4.69, 9.17) is 9.47 Å². The SMILES string of the molecule is [O-][NH+]1CC(=Cc2n[nH]c3ccccc23)c2c(OCC3CO3)cccc21. The number of aromatic amines is 1. The smallest absolute Gasteiger partial charge is 0.143 e. The third kappa shape index (κ3) is 2.60. The van der Waals surface area contributed by atoms with E-state index >= 15 is 0 Å². The summed E-state index contributed by atoms with van der Waals surface area (Å²) in [5.74, 6) is 0.741. The van der Waals surface area contributed by atoms with Crippen molar-refractivity contribution in [3.63, 3.8) is 0 Å². The average Bonchev–Trinajstić information content (AvgIpc) is 3.31. The van der Waals surface area contributed by atoms with E-state index in [9.17, 15) is 5.21 Å². The molecule has 6 heteroatoms. The number of aromatic nitrogens is 2. The van der Waals surface area contributed by atoms with Gasteiger partial charge in [0.1, 0.15) is 30.7 Å². The standard InChI is InChI=1S/C19H17N3O3/c23-22-9-12(8-16-14-4-1-2-5-15(14)20-21-16)19-17(22)6-3-7-18(19)25-11-13-10-24-13/h1-8,13,22H,9-11H2,(H,20,21). The second-order valence-corrected chi connectivity index (χ2v) is 6.37. The number of quaternary nitrogens is 1. The Kier molecular flexibility index (Phi) is 3.34. The minimum Gasteiger partial charge on any atom is -0.629 e. The van der Waals surface area contributed by atoms with Crippen LogP contribution in [0.5, 0.6) is 5.75 Å². The van der Waals surface area contributed by atoms with E-state index < -0.39 is 0 Å². The van der Waals surface area contributed by atoms with Gasteiger partial charge >= 0.3 is 0 Å². The molecule has 2 aliphatic heterocycles. The minimum absolute atomic E-state index is 0.120. The van der Waals surface area contributed by atoms with Crippen LogP contribution < -0.4 is 9.80 Å². The van der Waals surface area contributed by atoms with Gasteiger partial charge in [0.05, 0.1) is 23.4 Å². The lowest BCUT2D eigenvalue weighted by Crippen LogP contribution is -3.00. The quantitative estimate of drug-likeness (QED) is 0.564. The molecule has 0 spiro atoms. The first-order chi connectivity index (χ1) is 12.3. The van der Waals surface area contributed by atoms with Gasteiger partial charge in [-0.05, 0) is 18.2 Å². The zero-order chi connectivity index (χ0) is 16.8. The summed E-state index contributed by atoms with van der Waals surface area (Å²) in [6.07, 6.45) is 2.17. The molecule has 3 aromatic rings. The Morgan fingerprint density at radius 2 is 2.16 bits per heavy atom. The van der Waals surface area contributed by atoms with Gasteiger partial charge in [-0.3, -0.25) is 5.10 Å². The van der Waals surface area contributed by atoms with E-state index in [-0.39, 0.29) is 11.2 Å². The number of ether oxygens (including phenoxy) is 2. The average molecular weight is 335 g/mol. The predicted molar refractivity (Wildman–Crippen MR) is 94.5 cm³/mol. The Labute approximate surface area is 144 Å². The molecule has 0 bridgehead atoms. The highest BCUT2D eigenvalue weighted by Gasteiger charge is 2.30. The van der Waals surface area contributed by atoms with Crippen molar-refractivity contribution in [2.75, 3.05) is 19.8 Å². The first-order valence-corrected chi connectivity index (χ1v) is 8.34. The molecule has 6 nitrogen and oxygen atoms in total. The third-order valence-corrected chi connectivity index (χ3v) is 4.64. The molecule has 0 saturated carbocycles. The zero-order valence-electron chi connectivity index (χ0n) is 13.5. The van der Waals surface area contributed by atoms with Crippen LogP contribution in [0.15, 0.2) is 42.5 Å². The minimum atomic E-state index is 0.120. The summed E-state index contributed by atoms with van der Waals surface area (Å²) in [5, 5.41) is 21.0. The summed E-state index contributed by atoms with van der Waals surface area (Å²) >= 11 is 0. The van der Waals surface area contributed by atoms with Crippen molar-refractivity contribution in [3.8, 4) is 5.75 Å². The van der Waals surface area contributed by atoms with Crippen molar-refractivity contribution in [2.24, 2.45) is 0 Å². The summed E-state index contributed by atoms with van der Waals surface area (Å²) in [6.45, 7) is 1.63. The van der Waals surface area contributed by atoms with Crippen molar-refractivity contribution in [1.82, 2.24) is 10.2 Å². The number of benzene rings is 2. The first-order valence-electron chi connectivity index (χ1n) is 8.34. The number of hydrogen-bond donors (Lipinski definition) is 2. The molecule has 2 atom stereocenters. The number of para-hydroxylation sites is 1. The molecule has 2 aromatic carbocycles. The van der Waals surface area contributed by atoms with Gasteiger partial charge in [-0.2, -0.15) is 5.10 Å². The highest BCUT2D eigenvalue weighted by Crippen LogP contribution is 2.36. The summed E-state index contributed by atoms with van der Waals surface area (Å²) < 4.78 is 11.1. The molecular formula is C19H17N3O3. The fourth-order valence-corrected chi connectivity index (χ4v) is 3.30. The van der Waals surface area contributed by atoms with E-state index in [2.05, 4.69) is 10.2 Å². The van der Waals surface area contributed by atoms with E-state index in [1.807, 2.05) is 48.5 Å². The van der Waals surface area contributed by atoms with Crippen molar-refractivity contribution < 1.29 is 14.5 Å². The number of nitrogens with one attached hydrogen (secondary N) is 2. The molecule has 1 aromatic heterocycles. The highest BCUT2D eigenvalue weighted by molar-refractivity contribution is 5.96. The largest absolute Gasteiger partial charge is 0.629 e. The molecule has 1 saturated heterocycles. The van der Waals surface area contributed by atoms with Crippen LogP contribution in [-0.2, 0) is 4.74 Å². The Balaban J connectivity index is 1.57. The molecule has 5 rings (SSSR count). The molecule has 1 fully saturated rings. The Bertz CT molecular complexity index is 975. The maximum Gasteiger partial charge on any atom is 0.143 e. The second-order valence-electron chi connectivity index (χ2n) is 6.37. The van der Waals surface area contributed by atoms with Crippen molar-refractivity contribution >= 4 is 28.2 Å². The molecule has 2 N–H and O–H groups in total. The molecule has 3 heterocycles. The van der Waals surface area contributed by atoms with E-state index in [0.717, 1.165) is 45.8 Å². The summed E-state index contributed by atoms with van der Waals surface area (Å²) in [5.41, 5.74) is 4.38. The number of rotatable bonds is 4. The zero-order valence-corrected chi connectivity index (χ0v) is 13.5. The van der Waals surface area contributed by atoms with Crippen LogP contribution in [0.2, 0.25) is 0 Å². The van der Waals surface area contributed by atoms with Gasteiger partial charge < -0.3 is 19.7 Å². The Morgan fingerprint density at radius 1 is 1.28 bits per heavy atom. The molecule has 25 heavy (non-hydrogen) atoms. The highest BCUT2D eigenvalue weighted by atomic mass is 16.6. The first kappa shape index (κ1) is 14.7. The van der Waals surface area contributed by atoms with E-state index in [1.165, 1.54) is 0 Å². The molecule has 2 unspecified atom stereocenters. The van der Waals surface area contributed by atoms with Crippen LogP contribution in [0.1, 0.15) is 11.3 Å². The lowest BCUT2D eigenvalue weighted by molar-refractivity contribution is -0.762. The second kappa shape index (κ2) is 5.70. The number of hydroxylamine groups is 1. The molecule has 0 aliphatic carbocycles. The van der Waals surface area contributed by atoms with Crippen molar-refractivity contribution in [2.45, 2.75) is 6.10 Å². The van der Waals surface area contributed by atoms with Crippen LogP contribution in [0.25, 0.3) is 22.6 Å². The number of nitrogens with zero attached hydrogens (tertiary/aromatic N) is 1. The molecule has 2 aliphatic rings. The van der Waals surface area contributed by atoms with Gasteiger partial charge in [0.15, 0.2) is 0 Å². The van der Waals surface area contributed by atoms with Gasteiger partial charge in [-0.15, -0.1) is 0 Å². The Morgan fingerprint density at radius 3 is 3.04 bits per heavy atom. The third-order valence-electron chi connectivity index (χ3n) is 4.64. The predicted octanol–water partition coefficient (Wildman–Crippen LogP) is 1.91. The fraction of sp³-hybridized carbons (Fsp3) is 0.211. The van der Waals surface area contributed by atoms with Crippen molar-refractivity contribution in [3.05, 3.63) is 58.9 Å². The van der Waals surface area contributed by atoms with Gasteiger partial charge in [0, 0.05) is 17.0 Å². The maximum atomic E-state index is 12.4. The normalized spacial score (nSPS) is 23.2. The topological polar surface area (TPSA) is 77.9 Å². The molecule has 0 amide bonds. The lowest BCUT2D eigenvalue weighted by Gasteiger charge is -2.15. The number of fused-ring (bicyclic) bond motifs is 2. The van der Waals surface area contributed by atoms with Crippen LogP contribution in [0, 0.1) is 5.21 Å². The molecule has 0 radical (unpaired) electrons. The van der Waals surface area contributed by atoms with Crippen LogP contribution in [0.4, 0.5) is 5.69 Å². The lowest BCUT2D eigenvalue weighted by atomic mass is 10.0. The van der Waals surface area contributed by atoms with Crippen LogP contribution in [0.3, 0.4) is 0 Å². The van der Waals surface area contributed by atoms with E-state index in [0.29, 0.717) is 13.2 Å². The summed E-state index contributed by atoms with van der Waals surface area (Å²) in [7, 11) is 0. The molecule has 126 valence electrons. The maximum absolute atomic E-state index is 12.4. The summed E-state index contributed by atoms with van der Waals surface area (Å²) in [4.78, 5) is 0. The fourth-order valence-electron chi connectivity index (χ4n) is 3.30. The van der Waals surface area contributed by atoms with Crippen LogP contribution in [-0.4, -0.2) is 36.1 Å². The Hall–Kier alpha value is -2.67. The van der Waals surface area contributed by atoms with Gasteiger partial charge in [0.25, 0.3) is 0 Å². The number of epoxide rings is 1. The monoisotopic (exact) mass is 335 g/mol.